The molecule has 0 unspecified atom stereocenters. The van der Waals surface area contributed by atoms with Gasteiger partial charge in [0.05, 0.1) is 11.2 Å². The molecule has 4 N–H and O–H groups in total. The van der Waals surface area contributed by atoms with Crippen LogP contribution in [-0.2, 0) is 11.3 Å². The van der Waals surface area contributed by atoms with E-state index in [1.807, 2.05) is 25.6 Å². The molecule has 3 nitrogen and oxygen atoms in total. The number of thiazole rings is 1. The van der Waals surface area contributed by atoms with Gasteiger partial charge in [0.2, 0.25) is 0 Å². The van der Waals surface area contributed by atoms with Crippen molar-refractivity contribution in [2.75, 3.05) is 12.3 Å². The Morgan fingerprint density at radius 1 is 1.57 bits per heavy atom. The normalized spacial score (nSPS) is 12.0. The van der Waals surface area contributed by atoms with Crippen LogP contribution in [0.4, 0.5) is 0 Å². The highest BCUT2D eigenvalue weighted by atomic mass is 32.2. The highest BCUT2D eigenvalue weighted by Gasteiger charge is 2.18. The lowest BCUT2D eigenvalue weighted by atomic mass is 10.1. The number of hydrogen-bond acceptors (Lipinski definition) is 5. The Morgan fingerprint density at radius 3 is 2.79 bits per heavy atom. The largest absolute Gasteiger partial charge is 0.330 e. The Hall–Kier alpha value is -0.100. The molecule has 0 amide bonds. The van der Waals surface area contributed by atoms with Crippen LogP contribution in [0.15, 0.2) is 5.38 Å². The molecule has 1 aromatic rings. The van der Waals surface area contributed by atoms with Crippen LogP contribution in [0.5, 0.6) is 0 Å². The van der Waals surface area contributed by atoms with E-state index in [1.165, 1.54) is 0 Å². The average molecular weight is 231 g/mol. The molecule has 14 heavy (non-hydrogen) atoms. The summed E-state index contributed by atoms with van der Waals surface area (Å²) in [6.07, 6.45) is 0. The van der Waals surface area contributed by atoms with Crippen molar-refractivity contribution in [1.82, 2.24) is 4.98 Å². The average Bonchev–Trinajstić information content (AvgIpc) is 2.52. The Balaban J connectivity index is 2.51. The number of nitrogens with two attached hydrogens (primary N) is 2. The Kier molecular flexibility index (Phi) is 4.37. The maximum Gasteiger partial charge on any atom is 0.112 e. The highest BCUT2D eigenvalue weighted by Crippen LogP contribution is 2.23. The van der Waals surface area contributed by atoms with Gasteiger partial charge in [0.15, 0.2) is 0 Å². The van der Waals surface area contributed by atoms with E-state index in [9.17, 15) is 0 Å². The zero-order valence-corrected chi connectivity index (χ0v) is 10.3. The van der Waals surface area contributed by atoms with Crippen LogP contribution in [0.2, 0.25) is 0 Å². The number of rotatable bonds is 5. The van der Waals surface area contributed by atoms with Gasteiger partial charge in [-0.15, -0.1) is 11.3 Å². The van der Waals surface area contributed by atoms with Crippen molar-refractivity contribution in [3.05, 3.63) is 16.1 Å². The summed E-state index contributed by atoms with van der Waals surface area (Å²) in [7, 11) is 0. The molecule has 0 aromatic carbocycles. The summed E-state index contributed by atoms with van der Waals surface area (Å²) in [6, 6.07) is 0. The molecule has 0 spiro atoms. The van der Waals surface area contributed by atoms with Crippen molar-refractivity contribution >= 4 is 23.1 Å². The van der Waals surface area contributed by atoms with Gasteiger partial charge in [-0.2, -0.15) is 11.8 Å². The second-order valence-corrected chi connectivity index (χ2v) is 5.67. The number of hydrogen-bond donors (Lipinski definition) is 2. The quantitative estimate of drug-likeness (QED) is 0.754. The first-order chi connectivity index (χ1) is 6.54. The fraction of sp³-hybridized carbons (Fsp3) is 0.667. The topological polar surface area (TPSA) is 64.9 Å². The van der Waals surface area contributed by atoms with Crippen molar-refractivity contribution in [2.45, 2.75) is 25.1 Å². The number of thioether (sulfide) groups is 1. The van der Waals surface area contributed by atoms with E-state index in [-0.39, 0.29) is 5.54 Å². The van der Waals surface area contributed by atoms with Crippen LogP contribution in [0.3, 0.4) is 0 Å². The van der Waals surface area contributed by atoms with Crippen molar-refractivity contribution < 1.29 is 0 Å². The van der Waals surface area contributed by atoms with Crippen LogP contribution in [0.1, 0.15) is 24.5 Å². The molecule has 0 aliphatic heterocycles. The molecule has 1 rings (SSSR count). The van der Waals surface area contributed by atoms with Gasteiger partial charge in [-0.3, -0.25) is 0 Å². The summed E-state index contributed by atoms with van der Waals surface area (Å²) in [5.41, 5.74) is 12.1. The summed E-state index contributed by atoms with van der Waals surface area (Å²) >= 11 is 3.44. The van der Waals surface area contributed by atoms with Crippen molar-refractivity contribution in [1.29, 1.82) is 0 Å². The molecule has 0 fully saturated rings. The second kappa shape index (κ2) is 5.11. The zero-order valence-electron chi connectivity index (χ0n) is 8.62. The first-order valence-electron chi connectivity index (χ1n) is 4.55. The maximum absolute atomic E-state index is 5.95. The minimum atomic E-state index is -0.318. The minimum absolute atomic E-state index is 0.318. The van der Waals surface area contributed by atoms with E-state index >= 15 is 0 Å². The van der Waals surface area contributed by atoms with Crippen LogP contribution in [0.25, 0.3) is 0 Å². The van der Waals surface area contributed by atoms with E-state index in [0.717, 1.165) is 28.8 Å². The number of nitrogens with zero attached hydrogens (tertiary/aromatic N) is 1. The van der Waals surface area contributed by atoms with Crippen molar-refractivity contribution in [3.63, 3.8) is 0 Å². The Labute approximate surface area is 93.3 Å². The van der Waals surface area contributed by atoms with Crippen LogP contribution >= 0.6 is 23.1 Å². The van der Waals surface area contributed by atoms with E-state index in [1.54, 1.807) is 11.3 Å². The summed E-state index contributed by atoms with van der Waals surface area (Å²) in [4.78, 5) is 4.49. The third-order valence-electron chi connectivity index (χ3n) is 1.62. The molecule has 1 heterocycles. The summed E-state index contributed by atoms with van der Waals surface area (Å²) in [6.45, 7) is 4.68. The molecule has 1 aromatic heterocycles. The van der Waals surface area contributed by atoms with E-state index in [0.29, 0.717) is 0 Å². The summed E-state index contributed by atoms with van der Waals surface area (Å²) < 4.78 is 0. The molecule has 5 heteroatoms. The minimum Gasteiger partial charge on any atom is -0.330 e. The molecule has 0 aliphatic carbocycles. The van der Waals surface area contributed by atoms with Gasteiger partial charge in [0, 0.05) is 23.4 Å². The van der Waals surface area contributed by atoms with Gasteiger partial charge in [0.1, 0.15) is 5.01 Å². The van der Waals surface area contributed by atoms with Crippen LogP contribution < -0.4 is 11.5 Å². The fourth-order valence-electron chi connectivity index (χ4n) is 0.929. The van der Waals surface area contributed by atoms with Gasteiger partial charge in [-0.05, 0) is 13.8 Å². The number of aromatic nitrogens is 1. The predicted molar refractivity (Wildman–Crippen MR) is 64.5 cm³/mol. The molecule has 0 atom stereocenters. The SMILES string of the molecule is CC(C)(N)c1nc(CSCCN)cs1. The monoisotopic (exact) mass is 231 g/mol. The van der Waals surface area contributed by atoms with Gasteiger partial charge in [-0.25, -0.2) is 4.98 Å². The van der Waals surface area contributed by atoms with Crippen molar-refractivity contribution in [3.8, 4) is 0 Å². The van der Waals surface area contributed by atoms with Gasteiger partial charge < -0.3 is 11.5 Å². The third kappa shape index (κ3) is 3.57. The first-order valence-corrected chi connectivity index (χ1v) is 6.59. The lowest BCUT2D eigenvalue weighted by molar-refractivity contribution is 0.549. The van der Waals surface area contributed by atoms with Gasteiger partial charge in [0.25, 0.3) is 0 Å². The van der Waals surface area contributed by atoms with E-state index < -0.39 is 0 Å². The molecule has 0 aliphatic rings. The Bertz CT molecular complexity index is 278. The predicted octanol–water partition coefficient (Wildman–Crippen LogP) is 1.53. The second-order valence-electron chi connectivity index (χ2n) is 3.71. The molecule has 0 radical (unpaired) electrons. The highest BCUT2D eigenvalue weighted by molar-refractivity contribution is 7.98. The van der Waals surface area contributed by atoms with E-state index in [2.05, 4.69) is 10.4 Å². The molecule has 0 saturated heterocycles. The first kappa shape index (κ1) is 12.0. The third-order valence-corrected chi connectivity index (χ3v) is 3.87. The lowest BCUT2D eigenvalue weighted by Crippen LogP contribution is -2.28. The zero-order chi connectivity index (χ0) is 10.6. The molecule has 0 bridgehead atoms. The Morgan fingerprint density at radius 2 is 2.29 bits per heavy atom. The molecular formula is C9H17N3S2. The smallest absolute Gasteiger partial charge is 0.112 e. The van der Waals surface area contributed by atoms with Gasteiger partial charge >= 0.3 is 0 Å². The standard InChI is InChI=1S/C9H17N3S2/c1-9(2,11)8-12-7(6-14-8)5-13-4-3-10/h6H,3-5,10-11H2,1-2H3. The molecule has 0 saturated carbocycles. The lowest BCUT2D eigenvalue weighted by Gasteiger charge is -2.13. The van der Waals surface area contributed by atoms with Gasteiger partial charge in [-0.1, -0.05) is 0 Å². The summed E-state index contributed by atoms with van der Waals surface area (Å²) in [5.74, 6) is 1.92. The summed E-state index contributed by atoms with van der Waals surface area (Å²) in [5, 5.41) is 3.08. The van der Waals surface area contributed by atoms with Crippen molar-refractivity contribution in [2.24, 2.45) is 11.5 Å². The molecular weight excluding hydrogens is 214 g/mol. The maximum atomic E-state index is 5.95. The molecule has 80 valence electrons. The fourth-order valence-corrected chi connectivity index (χ4v) is 2.56. The van der Waals surface area contributed by atoms with Crippen LogP contribution in [0, 0.1) is 0 Å². The van der Waals surface area contributed by atoms with Crippen LogP contribution in [-0.4, -0.2) is 17.3 Å². The van der Waals surface area contributed by atoms with E-state index in [4.69, 9.17) is 11.5 Å².